The van der Waals surface area contributed by atoms with Crippen molar-refractivity contribution in [1.29, 1.82) is 0 Å². The number of aryl methyl sites for hydroxylation is 2. The summed E-state index contributed by atoms with van der Waals surface area (Å²) in [4.78, 5) is 33.0. The molecule has 0 bridgehead atoms. The minimum atomic E-state index is -0.175. The fourth-order valence-corrected chi connectivity index (χ4v) is 3.58. The highest BCUT2D eigenvalue weighted by atomic mass is 16.5. The summed E-state index contributed by atoms with van der Waals surface area (Å²) in [6.07, 6.45) is 9.05. The standard InChI is InChI=1S/C21H36N4O3/c1-5-6-7-17(2)28-21(27)11-14-24-15-12-22-19(24)8-9-20(26)25-13-10-18(16-25)23(3)4/h12,15,17-18H,5-11,13-14,16H2,1-4H3/t17?,18-/m0/s1. The van der Waals surface area contributed by atoms with E-state index in [1.54, 1.807) is 6.20 Å². The van der Waals surface area contributed by atoms with Crippen molar-refractivity contribution in [2.45, 2.75) is 77.5 Å². The number of amides is 1. The van der Waals surface area contributed by atoms with Crippen LogP contribution in [0.2, 0.25) is 0 Å². The molecule has 0 radical (unpaired) electrons. The van der Waals surface area contributed by atoms with Gasteiger partial charge in [-0.15, -0.1) is 0 Å². The molecule has 0 N–H and O–H groups in total. The van der Waals surface area contributed by atoms with E-state index in [0.717, 1.165) is 44.6 Å². The minimum absolute atomic E-state index is 0.0289. The first-order chi connectivity index (χ1) is 13.4. The number of nitrogens with zero attached hydrogens (tertiary/aromatic N) is 4. The number of hydrogen-bond acceptors (Lipinski definition) is 5. The molecule has 1 amide bonds. The predicted octanol–water partition coefficient (Wildman–Crippen LogP) is 2.49. The first kappa shape index (κ1) is 22.4. The Balaban J connectivity index is 1.74. The fraction of sp³-hybridized carbons (Fsp3) is 0.762. The second-order valence-electron chi connectivity index (χ2n) is 7.98. The van der Waals surface area contributed by atoms with Crippen molar-refractivity contribution in [3.05, 3.63) is 18.2 Å². The lowest BCUT2D eigenvalue weighted by Crippen LogP contribution is -2.34. The Labute approximate surface area is 169 Å². The smallest absolute Gasteiger partial charge is 0.307 e. The van der Waals surface area contributed by atoms with Crippen molar-refractivity contribution in [3.63, 3.8) is 0 Å². The molecule has 1 aromatic rings. The molecule has 0 aromatic carbocycles. The van der Waals surface area contributed by atoms with Crippen LogP contribution in [0.25, 0.3) is 0 Å². The monoisotopic (exact) mass is 392 g/mol. The summed E-state index contributed by atoms with van der Waals surface area (Å²) in [5, 5.41) is 0. The zero-order chi connectivity index (χ0) is 20.5. The molecule has 2 rings (SSSR count). The maximum Gasteiger partial charge on any atom is 0.307 e. The number of carbonyl (C=O) groups is 2. The van der Waals surface area contributed by atoms with Crippen molar-refractivity contribution in [2.24, 2.45) is 0 Å². The molecule has 1 aliphatic rings. The van der Waals surface area contributed by atoms with Gasteiger partial charge in [0.1, 0.15) is 5.82 Å². The Kier molecular flexibility index (Phi) is 8.96. The number of hydrogen-bond donors (Lipinski definition) is 0. The van der Waals surface area contributed by atoms with Crippen LogP contribution >= 0.6 is 0 Å². The lowest BCUT2D eigenvalue weighted by Gasteiger charge is -2.20. The van der Waals surface area contributed by atoms with Gasteiger partial charge in [0.15, 0.2) is 0 Å². The Morgan fingerprint density at radius 2 is 2.14 bits per heavy atom. The molecular weight excluding hydrogens is 356 g/mol. The Morgan fingerprint density at radius 1 is 1.36 bits per heavy atom. The first-order valence-electron chi connectivity index (χ1n) is 10.5. The van der Waals surface area contributed by atoms with Gasteiger partial charge in [0.2, 0.25) is 5.91 Å². The number of unbranched alkanes of at least 4 members (excludes halogenated alkanes) is 1. The zero-order valence-electron chi connectivity index (χ0n) is 17.9. The lowest BCUT2D eigenvalue weighted by atomic mass is 10.2. The molecule has 2 atom stereocenters. The molecule has 158 valence electrons. The zero-order valence-corrected chi connectivity index (χ0v) is 17.9. The highest BCUT2D eigenvalue weighted by molar-refractivity contribution is 5.76. The largest absolute Gasteiger partial charge is 0.463 e. The van der Waals surface area contributed by atoms with Crippen LogP contribution in [-0.2, 0) is 27.3 Å². The topological polar surface area (TPSA) is 67.7 Å². The van der Waals surface area contributed by atoms with Crippen molar-refractivity contribution in [2.75, 3.05) is 27.2 Å². The van der Waals surface area contributed by atoms with E-state index < -0.39 is 0 Å². The number of aromatic nitrogens is 2. The average molecular weight is 393 g/mol. The second kappa shape index (κ2) is 11.2. The molecule has 1 saturated heterocycles. The summed E-state index contributed by atoms with van der Waals surface area (Å²) < 4.78 is 7.40. The van der Waals surface area contributed by atoms with E-state index in [0.29, 0.717) is 31.8 Å². The Morgan fingerprint density at radius 3 is 2.82 bits per heavy atom. The number of likely N-dealkylation sites (tertiary alicyclic amines) is 1. The number of imidazole rings is 1. The van der Waals surface area contributed by atoms with Gasteiger partial charge in [-0.05, 0) is 33.9 Å². The molecule has 1 aromatic heterocycles. The third-order valence-corrected chi connectivity index (χ3v) is 5.46. The normalized spacial score (nSPS) is 17.9. The number of rotatable bonds is 11. The van der Waals surface area contributed by atoms with Crippen LogP contribution in [-0.4, -0.2) is 70.6 Å². The van der Waals surface area contributed by atoms with Crippen LogP contribution in [0.3, 0.4) is 0 Å². The van der Waals surface area contributed by atoms with Crippen LogP contribution < -0.4 is 0 Å². The Hall–Kier alpha value is -1.89. The molecule has 2 heterocycles. The molecule has 7 nitrogen and oxygen atoms in total. The highest BCUT2D eigenvalue weighted by Crippen LogP contribution is 2.15. The predicted molar refractivity (Wildman–Crippen MR) is 109 cm³/mol. The van der Waals surface area contributed by atoms with Crippen LogP contribution in [0.5, 0.6) is 0 Å². The maximum atomic E-state index is 12.5. The average Bonchev–Trinajstić information content (AvgIpc) is 3.32. The van der Waals surface area contributed by atoms with E-state index >= 15 is 0 Å². The fourth-order valence-electron chi connectivity index (χ4n) is 3.58. The van der Waals surface area contributed by atoms with Gasteiger partial charge in [-0.2, -0.15) is 0 Å². The molecule has 0 saturated carbocycles. The molecule has 1 aliphatic heterocycles. The van der Waals surface area contributed by atoms with Crippen molar-refractivity contribution < 1.29 is 14.3 Å². The Bertz CT molecular complexity index is 629. The number of ether oxygens (including phenoxy) is 1. The van der Waals surface area contributed by atoms with Gasteiger partial charge in [-0.25, -0.2) is 4.98 Å². The minimum Gasteiger partial charge on any atom is -0.463 e. The molecule has 0 aliphatic carbocycles. The van der Waals surface area contributed by atoms with E-state index in [1.807, 2.05) is 22.6 Å². The van der Waals surface area contributed by atoms with Crippen LogP contribution in [0.1, 0.15) is 58.2 Å². The summed E-state index contributed by atoms with van der Waals surface area (Å²) in [7, 11) is 4.12. The number of esters is 1. The van der Waals surface area contributed by atoms with Gasteiger partial charge >= 0.3 is 5.97 Å². The lowest BCUT2D eigenvalue weighted by molar-refractivity contribution is -0.148. The number of carbonyl (C=O) groups excluding carboxylic acids is 2. The van der Waals surface area contributed by atoms with Gasteiger partial charge in [-0.1, -0.05) is 19.8 Å². The van der Waals surface area contributed by atoms with Crippen LogP contribution in [0.15, 0.2) is 12.4 Å². The van der Waals surface area contributed by atoms with Gasteiger partial charge in [0, 0.05) is 50.9 Å². The SMILES string of the molecule is CCCCC(C)OC(=O)CCn1ccnc1CCC(=O)N1CC[C@H](N(C)C)C1. The molecule has 1 fully saturated rings. The van der Waals surface area contributed by atoms with Crippen LogP contribution in [0, 0.1) is 0 Å². The first-order valence-corrected chi connectivity index (χ1v) is 10.5. The highest BCUT2D eigenvalue weighted by Gasteiger charge is 2.27. The quantitative estimate of drug-likeness (QED) is 0.541. The van der Waals surface area contributed by atoms with E-state index in [-0.39, 0.29) is 18.0 Å². The summed E-state index contributed by atoms with van der Waals surface area (Å²) in [5.74, 6) is 0.859. The summed E-state index contributed by atoms with van der Waals surface area (Å²) in [6, 6.07) is 0.455. The van der Waals surface area contributed by atoms with Gasteiger partial charge in [-0.3, -0.25) is 9.59 Å². The van der Waals surface area contributed by atoms with Gasteiger partial charge in [0.25, 0.3) is 0 Å². The van der Waals surface area contributed by atoms with Crippen molar-refractivity contribution in [3.8, 4) is 0 Å². The van der Waals surface area contributed by atoms with E-state index in [9.17, 15) is 9.59 Å². The van der Waals surface area contributed by atoms with Crippen LogP contribution in [0.4, 0.5) is 0 Å². The summed E-state index contributed by atoms with van der Waals surface area (Å²) in [5.41, 5.74) is 0. The third-order valence-electron chi connectivity index (χ3n) is 5.46. The van der Waals surface area contributed by atoms with Gasteiger partial charge in [0.05, 0.1) is 12.5 Å². The molecule has 28 heavy (non-hydrogen) atoms. The molecule has 1 unspecified atom stereocenters. The number of likely N-dealkylation sites (N-methyl/N-ethyl adjacent to an activating group) is 1. The second-order valence-corrected chi connectivity index (χ2v) is 7.98. The van der Waals surface area contributed by atoms with E-state index in [1.165, 1.54) is 0 Å². The third kappa shape index (κ3) is 6.93. The van der Waals surface area contributed by atoms with Gasteiger partial charge < -0.3 is 19.1 Å². The molecule has 0 spiro atoms. The summed E-state index contributed by atoms with van der Waals surface area (Å²) >= 11 is 0. The van der Waals surface area contributed by atoms with E-state index in [2.05, 4.69) is 30.9 Å². The van der Waals surface area contributed by atoms with E-state index in [4.69, 9.17) is 4.74 Å². The molecular formula is C21H36N4O3. The summed E-state index contributed by atoms with van der Waals surface area (Å²) in [6.45, 7) is 6.25. The molecule has 7 heteroatoms. The maximum absolute atomic E-state index is 12.5. The van der Waals surface area contributed by atoms with Crippen molar-refractivity contribution in [1.82, 2.24) is 19.4 Å². The van der Waals surface area contributed by atoms with Crippen molar-refractivity contribution >= 4 is 11.9 Å².